The first-order valence-corrected chi connectivity index (χ1v) is 6.29. The largest absolute Gasteiger partial charge is 0.386 e. The quantitative estimate of drug-likeness (QED) is 0.596. The summed E-state index contributed by atoms with van der Waals surface area (Å²) in [6.07, 6.45) is 5.38. The lowest BCUT2D eigenvalue weighted by atomic mass is 9.92. The zero-order valence-electron chi connectivity index (χ0n) is 11.5. The van der Waals surface area contributed by atoms with Crippen LogP contribution in [0.2, 0.25) is 0 Å². The van der Waals surface area contributed by atoms with Gasteiger partial charge in [-0.15, -0.1) is 0 Å². The van der Waals surface area contributed by atoms with Gasteiger partial charge in [0, 0.05) is 25.2 Å². The van der Waals surface area contributed by atoms with Gasteiger partial charge in [0.15, 0.2) is 0 Å². The highest BCUT2D eigenvalue weighted by atomic mass is 15.1. The SMILES string of the molecule is C=CNC(C)(CCC)CCN(C)CCNC. The topological polar surface area (TPSA) is 27.3 Å². The number of hydrogen-bond acceptors (Lipinski definition) is 3. The summed E-state index contributed by atoms with van der Waals surface area (Å²) >= 11 is 0. The zero-order valence-corrected chi connectivity index (χ0v) is 11.5. The van der Waals surface area contributed by atoms with Crippen LogP contribution in [0.5, 0.6) is 0 Å². The number of rotatable bonds is 10. The average molecular weight is 227 g/mol. The molecule has 0 spiro atoms. The van der Waals surface area contributed by atoms with Gasteiger partial charge >= 0.3 is 0 Å². The normalized spacial score (nSPS) is 14.8. The van der Waals surface area contributed by atoms with E-state index in [0.29, 0.717) is 0 Å². The molecule has 0 radical (unpaired) electrons. The number of hydrogen-bond donors (Lipinski definition) is 2. The molecule has 0 aromatic rings. The Bertz CT molecular complexity index is 182. The van der Waals surface area contributed by atoms with Crippen LogP contribution in [0.3, 0.4) is 0 Å². The van der Waals surface area contributed by atoms with Gasteiger partial charge < -0.3 is 15.5 Å². The molecule has 0 aliphatic carbocycles. The van der Waals surface area contributed by atoms with Crippen LogP contribution in [0.1, 0.15) is 33.1 Å². The molecule has 3 nitrogen and oxygen atoms in total. The van der Waals surface area contributed by atoms with Gasteiger partial charge in [0.1, 0.15) is 0 Å². The van der Waals surface area contributed by atoms with E-state index in [0.717, 1.165) is 26.1 Å². The van der Waals surface area contributed by atoms with Crippen molar-refractivity contribution in [3.05, 3.63) is 12.8 Å². The summed E-state index contributed by atoms with van der Waals surface area (Å²) in [5, 5.41) is 6.57. The van der Waals surface area contributed by atoms with Gasteiger partial charge in [-0.1, -0.05) is 19.9 Å². The second-order valence-electron chi connectivity index (χ2n) is 4.82. The van der Waals surface area contributed by atoms with Crippen molar-refractivity contribution in [3.63, 3.8) is 0 Å². The predicted molar refractivity (Wildman–Crippen MR) is 72.7 cm³/mol. The third-order valence-electron chi connectivity index (χ3n) is 3.04. The molecule has 0 heterocycles. The Hall–Kier alpha value is -0.540. The van der Waals surface area contributed by atoms with Crippen LogP contribution in [0.4, 0.5) is 0 Å². The molecular weight excluding hydrogens is 198 g/mol. The van der Waals surface area contributed by atoms with E-state index < -0.39 is 0 Å². The zero-order chi connectivity index (χ0) is 12.4. The first-order chi connectivity index (χ1) is 7.58. The maximum Gasteiger partial charge on any atom is 0.0352 e. The van der Waals surface area contributed by atoms with E-state index >= 15 is 0 Å². The maximum atomic E-state index is 3.77. The Balaban J connectivity index is 3.95. The lowest BCUT2D eigenvalue weighted by Crippen LogP contribution is -2.42. The van der Waals surface area contributed by atoms with E-state index in [1.165, 1.54) is 12.8 Å². The van der Waals surface area contributed by atoms with Crippen molar-refractivity contribution >= 4 is 0 Å². The average Bonchev–Trinajstić information content (AvgIpc) is 2.24. The number of likely N-dealkylation sites (N-methyl/N-ethyl adjacent to an activating group) is 2. The van der Waals surface area contributed by atoms with E-state index in [1.807, 2.05) is 13.2 Å². The fraction of sp³-hybridized carbons (Fsp3) is 0.846. The molecule has 0 aliphatic rings. The van der Waals surface area contributed by atoms with Crippen LogP contribution in [-0.2, 0) is 0 Å². The van der Waals surface area contributed by atoms with Gasteiger partial charge in [0.05, 0.1) is 0 Å². The smallest absolute Gasteiger partial charge is 0.0352 e. The molecule has 0 fully saturated rings. The van der Waals surface area contributed by atoms with Crippen LogP contribution >= 0.6 is 0 Å². The maximum absolute atomic E-state index is 3.77. The molecule has 0 saturated heterocycles. The van der Waals surface area contributed by atoms with Crippen molar-refractivity contribution in [2.75, 3.05) is 33.7 Å². The summed E-state index contributed by atoms with van der Waals surface area (Å²) in [7, 11) is 4.17. The van der Waals surface area contributed by atoms with Crippen LogP contribution < -0.4 is 10.6 Å². The fourth-order valence-corrected chi connectivity index (χ4v) is 1.92. The Morgan fingerprint density at radius 1 is 1.31 bits per heavy atom. The minimum Gasteiger partial charge on any atom is -0.386 e. The van der Waals surface area contributed by atoms with E-state index in [2.05, 4.69) is 43.0 Å². The molecule has 0 bridgehead atoms. The van der Waals surface area contributed by atoms with Gasteiger partial charge in [0.25, 0.3) is 0 Å². The van der Waals surface area contributed by atoms with E-state index in [-0.39, 0.29) is 5.54 Å². The molecule has 16 heavy (non-hydrogen) atoms. The second-order valence-corrected chi connectivity index (χ2v) is 4.82. The van der Waals surface area contributed by atoms with Gasteiger partial charge in [-0.3, -0.25) is 0 Å². The Morgan fingerprint density at radius 3 is 2.50 bits per heavy atom. The second kappa shape index (κ2) is 8.59. The molecule has 3 heteroatoms. The Kier molecular flexibility index (Phi) is 8.30. The van der Waals surface area contributed by atoms with Gasteiger partial charge in [-0.25, -0.2) is 0 Å². The highest BCUT2D eigenvalue weighted by Gasteiger charge is 2.21. The molecule has 96 valence electrons. The highest BCUT2D eigenvalue weighted by Crippen LogP contribution is 2.17. The Morgan fingerprint density at radius 2 is 2.00 bits per heavy atom. The summed E-state index contributed by atoms with van der Waals surface area (Å²) in [5.41, 5.74) is 0.199. The van der Waals surface area contributed by atoms with E-state index in [4.69, 9.17) is 0 Å². The first kappa shape index (κ1) is 15.5. The summed E-state index contributed by atoms with van der Waals surface area (Å²) in [6.45, 7) is 11.6. The van der Waals surface area contributed by atoms with Crippen molar-refractivity contribution in [3.8, 4) is 0 Å². The van der Waals surface area contributed by atoms with E-state index in [9.17, 15) is 0 Å². The molecule has 0 amide bonds. The minimum absolute atomic E-state index is 0.199. The number of nitrogens with one attached hydrogen (secondary N) is 2. The van der Waals surface area contributed by atoms with Crippen molar-refractivity contribution in [1.82, 2.24) is 15.5 Å². The molecule has 2 N–H and O–H groups in total. The van der Waals surface area contributed by atoms with Crippen molar-refractivity contribution in [1.29, 1.82) is 0 Å². The monoisotopic (exact) mass is 227 g/mol. The molecular formula is C13H29N3. The standard InChI is InChI=1S/C13H29N3/c1-6-8-13(3,15-7-2)9-11-16(5)12-10-14-4/h7,14-15H,2,6,8-12H2,1,3-5H3. The highest BCUT2D eigenvalue weighted by molar-refractivity contribution is 4.87. The summed E-state index contributed by atoms with van der Waals surface area (Å²) in [6, 6.07) is 0. The van der Waals surface area contributed by atoms with Crippen LogP contribution in [0.25, 0.3) is 0 Å². The number of nitrogens with zero attached hydrogens (tertiary/aromatic N) is 1. The lowest BCUT2D eigenvalue weighted by Gasteiger charge is -2.32. The van der Waals surface area contributed by atoms with Gasteiger partial charge in [-0.05, 0) is 40.1 Å². The summed E-state index contributed by atoms with van der Waals surface area (Å²) < 4.78 is 0. The molecule has 0 saturated carbocycles. The molecule has 0 aromatic carbocycles. The van der Waals surface area contributed by atoms with E-state index in [1.54, 1.807) is 0 Å². The van der Waals surface area contributed by atoms with Crippen LogP contribution in [0, 0.1) is 0 Å². The van der Waals surface area contributed by atoms with Gasteiger partial charge in [0.2, 0.25) is 0 Å². The minimum atomic E-state index is 0.199. The van der Waals surface area contributed by atoms with Gasteiger partial charge in [-0.2, -0.15) is 0 Å². The van der Waals surface area contributed by atoms with Crippen molar-refractivity contribution < 1.29 is 0 Å². The fourth-order valence-electron chi connectivity index (χ4n) is 1.92. The van der Waals surface area contributed by atoms with Crippen molar-refractivity contribution in [2.24, 2.45) is 0 Å². The molecule has 0 rings (SSSR count). The first-order valence-electron chi connectivity index (χ1n) is 6.29. The summed E-state index contributed by atoms with van der Waals surface area (Å²) in [5.74, 6) is 0. The predicted octanol–water partition coefficient (Wildman–Crippen LogP) is 1.82. The third kappa shape index (κ3) is 6.85. The molecule has 1 unspecified atom stereocenters. The molecule has 0 aromatic heterocycles. The molecule has 1 atom stereocenters. The third-order valence-corrected chi connectivity index (χ3v) is 3.04. The Labute approximate surface area is 101 Å². The lowest BCUT2D eigenvalue weighted by molar-refractivity contribution is 0.260. The van der Waals surface area contributed by atoms with Crippen molar-refractivity contribution in [2.45, 2.75) is 38.6 Å². The van der Waals surface area contributed by atoms with Crippen LogP contribution in [-0.4, -0.2) is 44.2 Å². The van der Waals surface area contributed by atoms with Crippen LogP contribution in [0.15, 0.2) is 12.8 Å². The summed E-state index contributed by atoms with van der Waals surface area (Å²) in [4.78, 5) is 2.37. The molecule has 0 aliphatic heterocycles.